The predicted octanol–water partition coefficient (Wildman–Crippen LogP) is 1.79. The lowest BCUT2D eigenvalue weighted by molar-refractivity contribution is 0.0785. The van der Waals surface area contributed by atoms with Gasteiger partial charge in [-0.3, -0.25) is 4.79 Å². The molecule has 92 valence electrons. The summed E-state index contributed by atoms with van der Waals surface area (Å²) in [5, 5.41) is 10.0. The Bertz CT molecular complexity index is 451. The van der Waals surface area contributed by atoms with E-state index in [-0.39, 0.29) is 28.8 Å². The molecule has 3 N–H and O–H groups in total. The second-order valence-corrected chi connectivity index (χ2v) is 4.41. The monoisotopic (exact) mass is 272 g/mol. The number of likely N-dealkylation sites (N-methyl/N-ethyl adjacent to an activating group) is 1. The maximum absolute atomic E-state index is 12.1. The highest BCUT2D eigenvalue weighted by molar-refractivity contribution is 7.80. The van der Waals surface area contributed by atoms with Crippen molar-refractivity contribution < 1.29 is 9.90 Å². The van der Waals surface area contributed by atoms with Crippen LogP contribution in [0.25, 0.3) is 0 Å². The molecule has 1 aromatic carbocycles. The third-order valence-corrected chi connectivity index (χ3v) is 2.57. The second kappa shape index (κ2) is 5.84. The zero-order valence-electron chi connectivity index (χ0n) is 9.31. The largest absolute Gasteiger partial charge is 0.507 e. The van der Waals surface area contributed by atoms with Crippen LogP contribution in [0, 0.1) is 0 Å². The fourth-order valence-corrected chi connectivity index (χ4v) is 1.69. The van der Waals surface area contributed by atoms with Crippen molar-refractivity contribution in [1.82, 2.24) is 4.90 Å². The third kappa shape index (κ3) is 3.57. The van der Waals surface area contributed by atoms with E-state index in [2.05, 4.69) is 0 Å². The summed E-state index contributed by atoms with van der Waals surface area (Å²) in [5.41, 5.74) is 5.59. The van der Waals surface area contributed by atoms with Crippen molar-refractivity contribution in [3.05, 3.63) is 28.8 Å². The van der Waals surface area contributed by atoms with Crippen molar-refractivity contribution in [3.63, 3.8) is 0 Å². The molecule has 1 aromatic rings. The molecule has 0 atom stereocenters. The van der Waals surface area contributed by atoms with Crippen LogP contribution in [0.15, 0.2) is 18.2 Å². The molecular weight excluding hydrogens is 260 g/mol. The number of carbonyl (C=O) groups excluding carboxylic acids is 1. The van der Waals surface area contributed by atoms with Gasteiger partial charge in [-0.05, 0) is 25.1 Å². The van der Waals surface area contributed by atoms with Crippen LogP contribution in [0.5, 0.6) is 5.75 Å². The zero-order chi connectivity index (χ0) is 13.0. The molecule has 0 aromatic heterocycles. The van der Waals surface area contributed by atoms with Gasteiger partial charge in [-0.15, -0.1) is 0 Å². The number of thiocarbonyl (C=S) groups is 1. The van der Waals surface area contributed by atoms with Crippen LogP contribution in [-0.2, 0) is 0 Å². The maximum atomic E-state index is 12.1. The number of halogens is 1. The number of nitrogens with two attached hydrogens (primary N) is 1. The summed E-state index contributed by atoms with van der Waals surface area (Å²) in [4.78, 5) is 13.7. The van der Waals surface area contributed by atoms with Crippen LogP contribution >= 0.6 is 23.8 Å². The third-order valence-electron chi connectivity index (χ3n) is 2.21. The fourth-order valence-electron chi connectivity index (χ4n) is 1.37. The van der Waals surface area contributed by atoms with E-state index in [1.165, 1.54) is 17.0 Å². The SMILES string of the molecule is CCN(CC(N)=S)C(=O)c1ccc(Cl)cc1O. The first-order valence-corrected chi connectivity index (χ1v) is 5.80. The Labute approximate surface area is 110 Å². The lowest BCUT2D eigenvalue weighted by Gasteiger charge is -2.20. The number of nitrogens with zero attached hydrogens (tertiary/aromatic N) is 1. The van der Waals surface area contributed by atoms with E-state index < -0.39 is 0 Å². The molecule has 0 unspecified atom stereocenters. The molecule has 1 rings (SSSR count). The predicted molar refractivity (Wildman–Crippen MR) is 71.5 cm³/mol. The average Bonchev–Trinajstić information content (AvgIpc) is 2.24. The van der Waals surface area contributed by atoms with Gasteiger partial charge in [0.05, 0.1) is 17.1 Å². The zero-order valence-corrected chi connectivity index (χ0v) is 10.9. The number of phenolic OH excluding ortho intramolecular Hbond substituents is 1. The molecule has 0 saturated heterocycles. The summed E-state index contributed by atoms with van der Waals surface area (Å²) in [6, 6.07) is 4.34. The Kier molecular flexibility index (Phi) is 4.72. The number of carbonyl (C=O) groups is 1. The molecule has 0 radical (unpaired) electrons. The summed E-state index contributed by atoms with van der Waals surface area (Å²) in [6.07, 6.45) is 0. The summed E-state index contributed by atoms with van der Waals surface area (Å²) >= 11 is 10.5. The van der Waals surface area contributed by atoms with E-state index in [0.29, 0.717) is 11.6 Å². The molecule has 0 aliphatic carbocycles. The average molecular weight is 273 g/mol. The molecule has 17 heavy (non-hydrogen) atoms. The Morgan fingerprint density at radius 1 is 1.59 bits per heavy atom. The second-order valence-electron chi connectivity index (χ2n) is 3.45. The lowest BCUT2D eigenvalue weighted by atomic mass is 10.1. The number of hydrogen-bond donors (Lipinski definition) is 2. The summed E-state index contributed by atoms with van der Waals surface area (Å²) in [6.45, 7) is 2.45. The lowest BCUT2D eigenvalue weighted by Crippen LogP contribution is -2.37. The minimum Gasteiger partial charge on any atom is -0.507 e. The van der Waals surface area contributed by atoms with Crippen LogP contribution in [0.3, 0.4) is 0 Å². The Morgan fingerprint density at radius 2 is 2.24 bits per heavy atom. The minimum absolute atomic E-state index is 0.149. The van der Waals surface area contributed by atoms with Gasteiger partial charge in [0.25, 0.3) is 5.91 Å². The van der Waals surface area contributed by atoms with Gasteiger partial charge in [-0.2, -0.15) is 0 Å². The molecule has 6 heteroatoms. The summed E-state index contributed by atoms with van der Waals surface area (Å²) in [5.74, 6) is -0.474. The van der Waals surface area contributed by atoms with E-state index >= 15 is 0 Å². The molecule has 1 amide bonds. The topological polar surface area (TPSA) is 66.6 Å². The van der Waals surface area contributed by atoms with E-state index in [0.717, 1.165) is 0 Å². The first-order valence-electron chi connectivity index (χ1n) is 5.01. The number of amides is 1. The molecule has 0 spiro atoms. The first kappa shape index (κ1) is 13.7. The molecule has 0 bridgehead atoms. The van der Waals surface area contributed by atoms with Crippen molar-refractivity contribution in [2.75, 3.05) is 13.1 Å². The Morgan fingerprint density at radius 3 is 2.71 bits per heavy atom. The minimum atomic E-state index is -0.325. The van der Waals surface area contributed by atoms with E-state index in [1.807, 2.05) is 6.92 Å². The van der Waals surface area contributed by atoms with E-state index in [9.17, 15) is 9.90 Å². The molecule has 0 aliphatic heterocycles. The molecule has 0 saturated carbocycles. The van der Waals surface area contributed by atoms with Gasteiger partial charge in [0.2, 0.25) is 0 Å². The highest BCUT2D eigenvalue weighted by Crippen LogP contribution is 2.23. The number of rotatable bonds is 4. The van der Waals surface area contributed by atoms with E-state index in [1.54, 1.807) is 6.07 Å². The van der Waals surface area contributed by atoms with Crippen molar-refractivity contribution in [1.29, 1.82) is 0 Å². The molecule has 4 nitrogen and oxygen atoms in total. The number of phenols is 1. The van der Waals surface area contributed by atoms with Gasteiger partial charge in [-0.1, -0.05) is 23.8 Å². The molecular formula is C11H13ClN2O2S. The molecule has 0 fully saturated rings. The van der Waals surface area contributed by atoms with Crippen molar-refractivity contribution in [2.24, 2.45) is 5.73 Å². The van der Waals surface area contributed by atoms with Crippen LogP contribution in [0.1, 0.15) is 17.3 Å². The standard InChI is InChI=1S/C11H13ClN2O2S/c1-2-14(6-10(13)17)11(16)8-4-3-7(12)5-9(8)15/h3-5,15H,2,6H2,1H3,(H2,13,17). The fraction of sp³-hybridized carbons (Fsp3) is 0.273. The van der Waals surface area contributed by atoms with Gasteiger partial charge in [0, 0.05) is 11.6 Å². The molecule has 0 aliphatic rings. The van der Waals surface area contributed by atoms with Crippen LogP contribution in [-0.4, -0.2) is 34.0 Å². The number of hydrogen-bond acceptors (Lipinski definition) is 3. The smallest absolute Gasteiger partial charge is 0.257 e. The highest BCUT2D eigenvalue weighted by Gasteiger charge is 2.18. The number of aromatic hydroxyl groups is 1. The van der Waals surface area contributed by atoms with Gasteiger partial charge < -0.3 is 15.7 Å². The van der Waals surface area contributed by atoms with Gasteiger partial charge >= 0.3 is 0 Å². The van der Waals surface area contributed by atoms with Crippen LogP contribution in [0.2, 0.25) is 5.02 Å². The van der Waals surface area contributed by atoms with Gasteiger partial charge in [-0.25, -0.2) is 0 Å². The number of benzene rings is 1. The van der Waals surface area contributed by atoms with Gasteiger partial charge in [0.15, 0.2) is 0 Å². The van der Waals surface area contributed by atoms with Crippen molar-refractivity contribution in [2.45, 2.75) is 6.92 Å². The maximum Gasteiger partial charge on any atom is 0.257 e. The van der Waals surface area contributed by atoms with Crippen molar-refractivity contribution >= 4 is 34.7 Å². The van der Waals surface area contributed by atoms with E-state index in [4.69, 9.17) is 29.6 Å². The Hall–Kier alpha value is -1.33. The van der Waals surface area contributed by atoms with Gasteiger partial charge in [0.1, 0.15) is 5.75 Å². The summed E-state index contributed by atoms with van der Waals surface area (Å²) < 4.78 is 0. The van der Waals surface area contributed by atoms with Crippen LogP contribution in [0.4, 0.5) is 0 Å². The van der Waals surface area contributed by atoms with Crippen LogP contribution < -0.4 is 5.73 Å². The normalized spacial score (nSPS) is 10.0. The quantitative estimate of drug-likeness (QED) is 0.820. The highest BCUT2D eigenvalue weighted by atomic mass is 35.5. The first-order chi connectivity index (χ1) is 7.95. The van der Waals surface area contributed by atoms with Crippen molar-refractivity contribution in [3.8, 4) is 5.75 Å². The Balaban J connectivity index is 2.97. The summed E-state index contributed by atoms with van der Waals surface area (Å²) in [7, 11) is 0. The molecule has 0 heterocycles.